The van der Waals surface area contributed by atoms with E-state index in [0.717, 1.165) is 12.1 Å². The van der Waals surface area contributed by atoms with Crippen molar-refractivity contribution in [2.24, 2.45) is 0 Å². The van der Waals surface area contributed by atoms with Crippen LogP contribution in [0.1, 0.15) is 18.1 Å². The Balaban J connectivity index is 1.49. The minimum atomic E-state index is -0.920. The molecule has 0 aromatic heterocycles. The average molecular weight is 376 g/mol. The highest BCUT2D eigenvalue weighted by molar-refractivity contribution is 5.99. The fourth-order valence-corrected chi connectivity index (χ4v) is 3.78. The van der Waals surface area contributed by atoms with Gasteiger partial charge in [0.25, 0.3) is 0 Å². The third-order valence-electron chi connectivity index (χ3n) is 5.17. The summed E-state index contributed by atoms with van der Waals surface area (Å²) in [6, 6.07) is 9.55. The Labute approximate surface area is 155 Å². The first-order valence-electron chi connectivity index (χ1n) is 8.91. The quantitative estimate of drug-likeness (QED) is 0.824. The molecule has 2 heterocycles. The molecule has 2 atom stereocenters. The summed E-state index contributed by atoms with van der Waals surface area (Å²) in [6.45, 7) is 1.78. The van der Waals surface area contributed by atoms with Gasteiger partial charge in [0.2, 0.25) is 5.91 Å². The highest BCUT2D eigenvalue weighted by atomic mass is 19.2. The van der Waals surface area contributed by atoms with Crippen LogP contribution in [0.2, 0.25) is 0 Å². The number of amides is 1. The van der Waals surface area contributed by atoms with Crippen molar-refractivity contribution >= 4 is 11.6 Å². The summed E-state index contributed by atoms with van der Waals surface area (Å²) < 4.78 is 46.4. The van der Waals surface area contributed by atoms with E-state index in [1.54, 1.807) is 18.2 Å². The van der Waals surface area contributed by atoms with Crippen LogP contribution in [0.25, 0.3) is 0 Å². The topological polar surface area (TPSA) is 32.8 Å². The number of nitrogens with zero attached hydrogens (tertiary/aromatic N) is 2. The largest absolute Gasteiger partial charge is 0.371 e. The fourth-order valence-electron chi connectivity index (χ4n) is 3.78. The predicted molar refractivity (Wildman–Crippen MR) is 93.8 cm³/mol. The molecule has 27 heavy (non-hydrogen) atoms. The lowest BCUT2D eigenvalue weighted by Crippen LogP contribution is -2.48. The highest BCUT2D eigenvalue weighted by Gasteiger charge is 2.39. The van der Waals surface area contributed by atoms with Crippen molar-refractivity contribution in [3.63, 3.8) is 0 Å². The fraction of sp³-hybridized carbons (Fsp3) is 0.350. The van der Waals surface area contributed by atoms with Gasteiger partial charge in [-0.3, -0.25) is 9.69 Å². The molecule has 4 nitrogen and oxygen atoms in total. The molecule has 0 radical (unpaired) electrons. The number of rotatable bonds is 3. The minimum Gasteiger partial charge on any atom is -0.371 e. The second-order valence-electron chi connectivity index (χ2n) is 6.77. The molecule has 2 aromatic rings. The number of para-hydroxylation sites is 1. The van der Waals surface area contributed by atoms with E-state index in [0.29, 0.717) is 38.2 Å². The molecule has 142 valence electrons. The van der Waals surface area contributed by atoms with Gasteiger partial charge in [-0.2, -0.15) is 0 Å². The number of hydrogen-bond acceptors (Lipinski definition) is 3. The van der Waals surface area contributed by atoms with E-state index >= 15 is 0 Å². The average Bonchev–Trinajstić information content (AvgIpc) is 3.06. The zero-order chi connectivity index (χ0) is 19.0. The number of anilines is 1. The molecule has 0 saturated carbocycles. The van der Waals surface area contributed by atoms with Crippen molar-refractivity contribution in [2.45, 2.75) is 18.6 Å². The molecule has 0 unspecified atom stereocenters. The molecule has 2 aliphatic rings. The third kappa shape index (κ3) is 3.44. The van der Waals surface area contributed by atoms with Crippen LogP contribution in [0.3, 0.4) is 0 Å². The number of carbonyl (C=O) groups is 1. The molecule has 2 fully saturated rings. The van der Waals surface area contributed by atoms with Gasteiger partial charge >= 0.3 is 0 Å². The second-order valence-corrected chi connectivity index (χ2v) is 6.77. The predicted octanol–water partition coefficient (Wildman–Crippen LogP) is 3.28. The van der Waals surface area contributed by atoms with E-state index in [-0.39, 0.29) is 17.6 Å². The Hall–Kier alpha value is -2.38. The monoisotopic (exact) mass is 376 g/mol. The number of benzene rings is 2. The van der Waals surface area contributed by atoms with Gasteiger partial charge in [0.05, 0.1) is 24.4 Å². The van der Waals surface area contributed by atoms with Crippen molar-refractivity contribution in [1.29, 1.82) is 0 Å². The maximum absolute atomic E-state index is 14.0. The number of hydrogen-bond donors (Lipinski definition) is 0. The molecule has 2 aromatic carbocycles. The Morgan fingerprint density at radius 1 is 0.963 bits per heavy atom. The lowest BCUT2D eigenvalue weighted by molar-refractivity contribution is -0.125. The smallest absolute Gasteiger partial charge is 0.244 e. The summed E-state index contributed by atoms with van der Waals surface area (Å²) in [4.78, 5) is 16.3. The molecule has 0 aliphatic carbocycles. The summed E-state index contributed by atoms with van der Waals surface area (Å²) in [5, 5.41) is 0. The molecule has 0 N–H and O–H groups in total. The molecule has 1 amide bonds. The van der Waals surface area contributed by atoms with Gasteiger partial charge in [-0.1, -0.05) is 18.2 Å². The second kappa shape index (κ2) is 7.32. The van der Waals surface area contributed by atoms with Crippen LogP contribution < -0.4 is 4.90 Å². The van der Waals surface area contributed by atoms with Gasteiger partial charge < -0.3 is 9.64 Å². The van der Waals surface area contributed by atoms with Crippen LogP contribution in [-0.2, 0) is 9.53 Å². The summed E-state index contributed by atoms with van der Waals surface area (Å²) >= 11 is 0. The summed E-state index contributed by atoms with van der Waals surface area (Å²) in [5.74, 6) is -2.40. The molecule has 2 aliphatic heterocycles. The molecule has 0 bridgehead atoms. The zero-order valence-electron chi connectivity index (χ0n) is 14.6. The minimum absolute atomic E-state index is 0.147. The molecule has 2 saturated heterocycles. The maximum atomic E-state index is 14.0. The number of halogens is 3. The van der Waals surface area contributed by atoms with Crippen molar-refractivity contribution in [3.8, 4) is 0 Å². The maximum Gasteiger partial charge on any atom is 0.244 e. The van der Waals surface area contributed by atoms with Gasteiger partial charge in [0.1, 0.15) is 5.82 Å². The zero-order valence-corrected chi connectivity index (χ0v) is 14.6. The summed E-state index contributed by atoms with van der Waals surface area (Å²) in [7, 11) is 0. The van der Waals surface area contributed by atoms with Gasteiger partial charge in [0.15, 0.2) is 11.6 Å². The lowest BCUT2D eigenvalue weighted by atomic mass is 10.1. The van der Waals surface area contributed by atoms with Gasteiger partial charge in [-0.15, -0.1) is 0 Å². The highest BCUT2D eigenvalue weighted by Crippen LogP contribution is 2.30. The van der Waals surface area contributed by atoms with E-state index in [9.17, 15) is 18.0 Å². The van der Waals surface area contributed by atoms with Gasteiger partial charge in [-0.05, 0) is 36.2 Å². The van der Waals surface area contributed by atoms with E-state index in [1.807, 2.05) is 4.90 Å². The Morgan fingerprint density at radius 2 is 1.78 bits per heavy atom. The summed E-state index contributed by atoms with van der Waals surface area (Å²) in [5.41, 5.74) is 0.824. The first-order chi connectivity index (χ1) is 13.0. The molecular formula is C20H19F3N2O2. The van der Waals surface area contributed by atoms with E-state index < -0.39 is 23.6 Å². The van der Waals surface area contributed by atoms with E-state index in [2.05, 4.69) is 0 Å². The number of morpholine rings is 1. The third-order valence-corrected chi connectivity index (χ3v) is 5.17. The first kappa shape index (κ1) is 18.0. The Kier molecular flexibility index (Phi) is 4.88. The van der Waals surface area contributed by atoms with Crippen LogP contribution in [0.4, 0.5) is 18.9 Å². The van der Waals surface area contributed by atoms with Crippen molar-refractivity contribution < 1.29 is 22.7 Å². The lowest BCUT2D eigenvalue weighted by Gasteiger charge is -2.36. The van der Waals surface area contributed by atoms with Crippen LogP contribution in [0, 0.1) is 17.5 Å². The van der Waals surface area contributed by atoms with Crippen molar-refractivity contribution in [3.05, 3.63) is 65.5 Å². The molecule has 0 spiro atoms. The van der Waals surface area contributed by atoms with Gasteiger partial charge in [-0.25, -0.2) is 13.2 Å². The Morgan fingerprint density at radius 3 is 2.56 bits per heavy atom. The van der Waals surface area contributed by atoms with Crippen LogP contribution in [0.5, 0.6) is 0 Å². The normalized spacial score (nSPS) is 23.8. The van der Waals surface area contributed by atoms with Crippen molar-refractivity contribution in [1.82, 2.24) is 4.90 Å². The Bertz CT molecular complexity index is 861. The van der Waals surface area contributed by atoms with Crippen LogP contribution in [0.15, 0.2) is 42.5 Å². The van der Waals surface area contributed by atoms with Gasteiger partial charge in [0, 0.05) is 19.6 Å². The van der Waals surface area contributed by atoms with Crippen LogP contribution in [-0.4, -0.2) is 43.1 Å². The number of ether oxygens (including phenoxy) is 1. The number of carbonyl (C=O) groups excluding carboxylic acids is 1. The van der Waals surface area contributed by atoms with Crippen LogP contribution >= 0.6 is 0 Å². The molecule has 4 rings (SSSR count). The van der Waals surface area contributed by atoms with Crippen molar-refractivity contribution in [2.75, 3.05) is 31.1 Å². The summed E-state index contributed by atoms with van der Waals surface area (Å²) in [6.07, 6.45) is 0.140. The standard InChI is InChI=1S/C20H19F3N2O2/c21-14-6-5-13(11-16(14)23)19-12-24(9-10-27-19)18-7-8-25(20(18)26)17-4-2-1-3-15(17)22/h1-6,11,18-19H,7-10,12H2/t18-,19-/m0/s1. The first-order valence-corrected chi connectivity index (χ1v) is 8.91. The molecule has 7 heteroatoms. The SMILES string of the molecule is O=C1[C@@H](N2CCO[C@H](c3ccc(F)c(F)c3)C2)CCN1c1ccccc1F. The van der Waals surface area contributed by atoms with E-state index in [4.69, 9.17) is 4.74 Å². The molecular weight excluding hydrogens is 357 g/mol. The van der Waals surface area contributed by atoms with E-state index in [1.165, 1.54) is 17.0 Å².